The Labute approximate surface area is 159 Å². The van der Waals surface area contributed by atoms with Gasteiger partial charge in [0.25, 0.3) is 0 Å². The van der Waals surface area contributed by atoms with Gasteiger partial charge in [-0.25, -0.2) is 9.78 Å². The Morgan fingerprint density at radius 1 is 1.15 bits per heavy atom. The summed E-state index contributed by atoms with van der Waals surface area (Å²) in [4.78, 5) is 22.9. The number of amides is 2. The zero-order valence-electron chi connectivity index (χ0n) is 16.2. The van der Waals surface area contributed by atoms with Crippen LogP contribution >= 0.6 is 0 Å². The van der Waals surface area contributed by atoms with Crippen molar-refractivity contribution in [2.75, 3.05) is 18.4 Å². The van der Waals surface area contributed by atoms with Crippen molar-refractivity contribution in [3.05, 3.63) is 58.9 Å². The summed E-state index contributed by atoms with van der Waals surface area (Å²) in [6.45, 7) is 7.74. The molecule has 27 heavy (non-hydrogen) atoms. The van der Waals surface area contributed by atoms with Crippen LogP contribution in [0.25, 0.3) is 11.0 Å². The fraction of sp³-hybridized carbons (Fsp3) is 0.364. The number of H-pyrrole nitrogens is 1. The zero-order chi connectivity index (χ0) is 19.0. The van der Waals surface area contributed by atoms with Crippen LogP contribution in [-0.4, -0.2) is 34.0 Å². The highest BCUT2D eigenvalue weighted by atomic mass is 16.2. The maximum absolute atomic E-state index is 12.7. The summed E-state index contributed by atoms with van der Waals surface area (Å²) < 4.78 is 0. The fourth-order valence-electron chi connectivity index (χ4n) is 3.71. The Morgan fingerprint density at radius 2 is 1.89 bits per heavy atom. The van der Waals surface area contributed by atoms with Gasteiger partial charge in [-0.15, -0.1) is 0 Å². The van der Waals surface area contributed by atoms with Crippen molar-refractivity contribution in [3.8, 4) is 0 Å². The predicted octanol–water partition coefficient (Wildman–Crippen LogP) is 4.90. The summed E-state index contributed by atoms with van der Waals surface area (Å²) in [6.07, 6.45) is 2.03. The molecular formula is C22H26N4O. The third-order valence-electron chi connectivity index (χ3n) is 5.51. The number of aromatic nitrogens is 2. The first-order valence-electron chi connectivity index (χ1n) is 9.59. The molecule has 1 unspecified atom stereocenters. The third kappa shape index (κ3) is 3.68. The number of anilines is 1. The lowest BCUT2D eigenvalue weighted by molar-refractivity contribution is 0.191. The van der Waals surface area contributed by atoms with Gasteiger partial charge in [0, 0.05) is 24.7 Å². The quantitative estimate of drug-likeness (QED) is 0.681. The number of fused-ring (bicyclic) bond motifs is 1. The molecule has 0 radical (unpaired) electrons. The first-order valence-corrected chi connectivity index (χ1v) is 9.59. The monoisotopic (exact) mass is 362 g/mol. The molecule has 5 heteroatoms. The number of piperidine rings is 1. The first kappa shape index (κ1) is 17.6. The van der Waals surface area contributed by atoms with Gasteiger partial charge in [0.2, 0.25) is 0 Å². The molecule has 1 aliphatic rings. The molecule has 0 saturated carbocycles. The van der Waals surface area contributed by atoms with Crippen molar-refractivity contribution < 1.29 is 4.79 Å². The van der Waals surface area contributed by atoms with E-state index in [9.17, 15) is 4.79 Å². The molecular weight excluding hydrogens is 336 g/mol. The largest absolute Gasteiger partial charge is 0.342 e. The second-order valence-corrected chi connectivity index (χ2v) is 7.66. The van der Waals surface area contributed by atoms with E-state index in [0.29, 0.717) is 6.54 Å². The molecule has 140 valence electrons. The summed E-state index contributed by atoms with van der Waals surface area (Å²) in [5, 5.41) is 3.01. The van der Waals surface area contributed by atoms with Crippen LogP contribution in [0.15, 0.2) is 36.4 Å². The topological polar surface area (TPSA) is 61.0 Å². The van der Waals surface area contributed by atoms with Gasteiger partial charge in [0.1, 0.15) is 5.82 Å². The van der Waals surface area contributed by atoms with Gasteiger partial charge < -0.3 is 15.2 Å². The second kappa shape index (κ2) is 7.06. The number of urea groups is 1. The standard InChI is InChI=1S/C22H26N4O/c1-14-6-8-18(9-7-14)23-22(27)26-10-4-5-17(13-26)21-24-19-11-15(2)16(3)12-20(19)25-21/h6-9,11-12,17H,4-5,10,13H2,1-3H3,(H,23,27)(H,24,25). The highest BCUT2D eigenvalue weighted by Gasteiger charge is 2.27. The number of benzene rings is 2. The number of aromatic amines is 1. The molecule has 0 bridgehead atoms. The molecule has 2 N–H and O–H groups in total. The summed E-state index contributed by atoms with van der Waals surface area (Å²) in [7, 11) is 0. The molecule has 2 heterocycles. The molecule has 2 amide bonds. The number of rotatable bonds is 2. The lowest BCUT2D eigenvalue weighted by Gasteiger charge is -2.31. The third-order valence-corrected chi connectivity index (χ3v) is 5.51. The minimum Gasteiger partial charge on any atom is -0.342 e. The van der Waals surface area contributed by atoms with Crippen LogP contribution in [-0.2, 0) is 0 Å². The average molecular weight is 362 g/mol. The number of hydrogen-bond donors (Lipinski definition) is 2. The normalized spacial score (nSPS) is 17.3. The van der Waals surface area contributed by atoms with Crippen LogP contribution in [0.4, 0.5) is 10.5 Å². The average Bonchev–Trinajstić information content (AvgIpc) is 3.07. The Hall–Kier alpha value is -2.82. The van der Waals surface area contributed by atoms with E-state index in [2.05, 4.69) is 36.3 Å². The summed E-state index contributed by atoms with van der Waals surface area (Å²) in [5.74, 6) is 1.23. The summed E-state index contributed by atoms with van der Waals surface area (Å²) in [6, 6.07) is 12.2. The Kier molecular flexibility index (Phi) is 4.60. The van der Waals surface area contributed by atoms with E-state index >= 15 is 0 Å². The summed E-state index contributed by atoms with van der Waals surface area (Å²) >= 11 is 0. The molecule has 0 aliphatic carbocycles. The molecule has 1 aromatic heterocycles. The molecule has 2 aromatic carbocycles. The van der Waals surface area contributed by atoms with Crippen molar-refractivity contribution >= 4 is 22.8 Å². The summed E-state index contributed by atoms with van der Waals surface area (Å²) in [5.41, 5.74) is 6.62. The number of likely N-dealkylation sites (tertiary alicyclic amines) is 1. The SMILES string of the molecule is Cc1ccc(NC(=O)N2CCCC(c3nc4cc(C)c(C)cc4[nH]3)C2)cc1. The van der Waals surface area contributed by atoms with E-state index in [0.717, 1.165) is 41.9 Å². The molecule has 1 saturated heterocycles. The Bertz CT molecular complexity index is 935. The maximum Gasteiger partial charge on any atom is 0.321 e. The molecule has 5 nitrogen and oxygen atoms in total. The minimum atomic E-state index is -0.0358. The fourth-order valence-corrected chi connectivity index (χ4v) is 3.71. The van der Waals surface area contributed by atoms with Crippen LogP contribution in [0.5, 0.6) is 0 Å². The number of hydrogen-bond acceptors (Lipinski definition) is 2. The Morgan fingerprint density at radius 3 is 2.67 bits per heavy atom. The van der Waals surface area contributed by atoms with Crippen molar-refractivity contribution in [3.63, 3.8) is 0 Å². The van der Waals surface area contributed by atoms with E-state index in [4.69, 9.17) is 4.98 Å². The van der Waals surface area contributed by atoms with E-state index in [1.807, 2.05) is 36.1 Å². The van der Waals surface area contributed by atoms with Gasteiger partial charge in [0.15, 0.2) is 0 Å². The second-order valence-electron chi connectivity index (χ2n) is 7.66. The Balaban J connectivity index is 1.49. The number of carbonyl (C=O) groups excluding carboxylic acids is 1. The molecule has 3 aromatic rings. The molecule has 1 atom stereocenters. The van der Waals surface area contributed by atoms with E-state index in [1.165, 1.54) is 16.7 Å². The predicted molar refractivity (Wildman–Crippen MR) is 109 cm³/mol. The van der Waals surface area contributed by atoms with Crippen molar-refractivity contribution in [1.82, 2.24) is 14.9 Å². The van der Waals surface area contributed by atoms with E-state index in [-0.39, 0.29) is 11.9 Å². The number of aryl methyl sites for hydroxylation is 3. The number of nitrogens with zero attached hydrogens (tertiary/aromatic N) is 2. The van der Waals surface area contributed by atoms with Crippen LogP contribution in [0.2, 0.25) is 0 Å². The van der Waals surface area contributed by atoms with Crippen molar-refractivity contribution in [2.24, 2.45) is 0 Å². The zero-order valence-corrected chi connectivity index (χ0v) is 16.2. The van der Waals surface area contributed by atoms with Crippen molar-refractivity contribution in [1.29, 1.82) is 0 Å². The van der Waals surface area contributed by atoms with Gasteiger partial charge in [-0.1, -0.05) is 17.7 Å². The minimum absolute atomic E-state index is 0.0358. The first-order chi connectivity index (χ1) is 13.0. The lowest BCUT2D eigenvalue weighted by Crippen LogP contribution is -2.41. The molecule has 1 aliphatic heterocycles. The number of imidazole rings is 1. The highest BCUT2D eigenvalue weighted by Crippen LogP contribution is 2.28. The maximum atomic E-state index is 12.7. The van der Waals surface area contributed by atoms with Crippen LogP contribution < -0.4 is 5.32 Å². The van der Waals surface area contributed by atoms with Gasteiger partial charge in [-0.2, -0.15) is 0 Å². The smallest absolute Gasteiger partial charge is 0.321 e. The van der Waals surface area contributed by atoms with Crippen LogP contribution in [0.1, 0.15) is 41.3 Å². The van der Waals surface area contributed by atoms with Crippen LogP contribution in [0.3, 0.4) is 0 Å². The van der Waals surface area contributed by atoms with Gasteiger partial charge >= 0.3 is 6.03 Å². The molecule has 0 spiro atoms. The van der Waals surface area contributed by atoms with Crippen molar-refractivity contribution in [2.45, 2.75) is 39.5 Å². The van der Waals surface area contributed by atoms with E-state index in [1.54, 1.807) is 0 Å². The number of carbonyl (C=O) groups is 1. The van der Waals surface area contributed by atoms with Crippen LogP contribution in [0, 0.1) is 20.8 Å². The number of nitrogens with one attached hydrogen (secondary N) is 2. The highest BCUT2D eigenvalue weighted by molar-refractivity contribution is 5.89. The lowest BCUT2D eigenvalue weighted by atomic mass is 9.97. The van der Waals surface area contributed by atoms with Gasteiger partial charge in [-0.3, -0.25) is 0 Å². The van der Waals surface area contributed by atoms with E-state index < -0.39 is 0 Å². The van der Waals surface area contributed by atoms with Gasteiger partial charge in [-0.05, 0) is 69.0 Å². The molecule has 4 rings (SSSR count). The van der Waals surface area contributed by atoms with Gasteiger partial charge in [0.05, 0.1) is 11.0 Å². The molecule has 1 fully saturated rings.